The first-order valence-corrected chi connectivity index (χ1v) is 7.38. The second-order valence-electron chi connectivity index (χ2n) is 4.69. The van der Waals surface area contributed by atoms with Crippen molar-refractivity contribution in [2.75, 3.05) is 5.75 Å². The van der Waals surface area contributed by atoms with Gasteiger partial charge in [-0.3, -0.25) is 0 Å². The maximum Gasteiger partial charge on any atom is 0.0208 e. The number of thioether (sulfide) groups is 1. The van der Waals surface area contributed by atoms with Crippen LogP contribution in [0.2, 0.25) is 0 Å². The number of nitrogens with one attached hydrogen (secondary N) is 1. The minimum absolute atomic E-state index is 0.783. The zero-order valence-electron chi connectivity index (χ0n) is 10.5. The fourth-order valence-corrected chi connectivity index (χ4v) is 2.57. The van der Waals surface area contributed by atoms with Gasteiger partial charge in [-0.2, -0.15) is 0 Å². The van der Waals surface area contributed by atoms with E-state index in [-0.39, 0.29) is 0 Å². The predicted octanol–water partition coefficient (Wildman–Crippen LogP) is 4.00. The lowest BCUT2D eigenvalue weighted by Gasteiger charge is -2.07. The third-order valence-corrected chi connectivity index (χ3v) is 4.15. The van der Waals surface area contributed by atoms with E-state index in [0.717, 1.165) is 24.8 Å². The molecule has 0 aliphatic heterocycles. The third kappa shape index (κ3) is 4.57. The van der Waals surface area contributed by atoms with Gasteiger partial charge in [0.1, 0.15) is 0 Å². The van der Waals surface area contributed by atoms with Crippen molar-refractivity contribution in [2.24, 2.45) is 0 Å². The molecule has 1 aliphatic rings. The molecule has 0 aromatic heterocycles. The molecule has 92 valence electrons. The summed E-state index contributed by atoms with van der Waals surface area (Å²) in [5.41, 5.74) is 2.71. The van der Waals surface area contributed by atoms with Gasteiger partial charge in [0.2, 0.25) is 0 Å². The van der Waals surface area contributed by atoms with Crippen LogP contribution in [0.15, 0.2) is 41.3 Å². The molecule has 0 unspecified atom stereocenters. The van der Waals surface area contributed by atoms with Crippen LogP contribution in [0.25, 0.3) is 0 Å². The molecular formula is C15H21NS. The molecule has 2 rings (SSSR count). The summed E-state index contributed by atoms with van der Waals surface area (Å²) < 4.78 is 0. The Balaban J connectivity index is 1.84. The summed E-state index contributed by atoms with van der Waals surface area (Å²) in [6.07, 6.45) is 3.78. The van der Waals surface area contributed by atoms with Crippen LogP contribution in [0.4, 0.5) is 0 Å². The zero-order chi connectivity index (χ0) is 12.1. The van der Waals surface area contributed by atoms with Crippen LogP contribution in [-0.2, 0) is 6.54 Å². The summed E-state index contributed by atoms with van der Waals surface area (Å²) in [6.45, 7) is 7.22. The highest BCUT2D eigenvalue weighted by molar-refractivity contribution is 7.99. The summed E-state index contributed by atoms with van der Waals surface area (Å²) in [7, 11) is 0. The summed E-state index contributed by atoms with van der Waals surface area (Å²) in [6, 6.07) is 9.62. The second kappa shape index (κ2) is 6.27. The molecular weight excluding hydrogens is 226 g/mol. The van der Waals surface area contributed by atoms with E-state index in [1.165, 1.54) is 28.9 Å². The average Bonchev–Trinajstić information content (AvgIpc) is 3.18. The van der Waals surface area contributed by atoms with Crippen molar-refractivity contribution in [1.29, 1.82) is 0 Å². The molecule has 0 spiro atoms. The van der Waals surface area contributed by atoms with Crippen molar-refractivity contribution in [1.82, 2.24) is 5.32 Å². The lowest BCUT2D eigenvalue weighted by atomic mass is 10.2. The van der Waals surface area contributed by atoms with Gasteiger partial charge in [0.05, 0.1) is 0 Å². The number of rotatable bonds is 7. The van der Waals surface area contributed by atoms with E-state index in [4.69, 9.17) is 0 Å². The van der Waals surface area contributed by atoms with Crippen molar-refractivity contribution >= 4 is 11.8 Å². The molecule has 1 saturated carbocycles. The van der Waals surface area contributed by atoms with Gasteiger partial charge in [-0.25, -0.2) is 0 Å². The van der Waals surface area contributed by atoms with Crippen molar-refractivity contribution in [3.8, 4) is 0 Å². The molecule has 0 bridgehead atoms. The highest BCUT2D eigenvalue weighted by Gasteiger charge is 2.19. The van der Waals surface area contributed by atoms with Gasteiger partial charge in [0, 0.05) is 23.2 Å². The Kier molecular flexibility index (Phi) is 4.69. The highest BCUT2D eigenvalue weighted by Crippen LogP contribution is 2.23. The number of hydrogen-bond acceptors (Lipinski definition) is 2. The van der Waals surface area contributed by atoms with Gasteiger partial charge in [0.25, 0.3) is 0 Å². The maximum absolute atomic E-state index is 4.05. The predicted molar refractivity (Wildman–Crippen MR) is 76.5 cm³/mol. The third-order valence-electron chi connectivity index (χ3n) is 3.01. The topological polar surface area (TPSA) is 12.0 Å². The Hall–Kier alpha value is -0.730. The summed E-state index contributed by atoms with van der Waals surface area (Å²) in [5.74, 6) is 1.04. The standard InChI is InChI=1S/C15H21NS/c1-3-12(2)11-17-15-6-4-5-13(9-15)10-16-14-7-8-14/h4-6,9,14,16H,2-3,7-8,10-11H2,1H3. The highest BCUT2D eigenvalue weighted by atomic mass is 32.2. The maximum atomic E-state index is 4.05. The molecule has 1 nitrogen and oxygen atoms in total. The van der Waals surface area contributed by atoms with Gasteiger partial charge in [-0.05, 0) is 37.0 Å². The Bertz CT molecular complexity index is 382. The fraction of sp³-hybridized carbons (Fsp3) is 0.467. The normalized spacial score (nSPS) is 14.9. The van der Waals surface area contributed by atoms with E-state index in [2.05, 4.69) is 43.1 Å². The number of hydrogen-bond donors (Lipinski definition) is 1. The van der Waals surface area contributed by atoms with Crippen molar-refractivity contribution in [2.45, 2.75) is 43.7 Å². The smallest absolute Gasteiger partial charge is 0.0208 e. The van der Waals surface area contributed by atoms with E-state index < -0.39 is 0 Å². The van der Waals surface area contributed by atoms with Crippen LogP contribution in [0.3, 0.4) is 0 Å². The van der Waals surface area contributed by atoms with E-state index >= 15 is 0 Å². The molecule has 0 amide bonds. The molecule has 0 heterocycles. The summed E-state index contributed by atoms with van der Waals surface area (Å²) in [5, 5.41) is 3.55. The van der Waals surface area contributed by atoms with Crippen molar-refractivity contribution in [3.05, 3.63) is 42.0 Å². The minimum Gasteiger partial charge on any atom is -0.310 e. The molecule has 1 aromatic rings. The Morgan fingerprint density at radius 2 is 2.29 bits per heavy atom. The van der Waals surface area contributed by atoms with Crippen molar-refractivity contribution in [3.63, 3.8) is 0 Å². The van der Waals surface area contributed by atoms with Crippen molar-refractivity contribution < 1.29 is 0 Å². The van der Waals surface area contributed by atoms with Gasteiger partial charge >= 0.3 is 0 Å². The molecule has 0 radical (unpaired) electrons. The average molecular weight is 247 g/mol. The SMILES string of the molecule is C=C(CC)CSc1cccc(CNC2CC2)c1. The lowest BCUT2D eigenvalue weighted by molar-refractivity contribution is 0.687. The van der Waals surface area contributed by atoms with E-state index in [1.54, 1.807) is 0 Å². The fourth-order valence-electron chi connectivity index (χ4n) is 1.58. The molecule has 17 heavy (non-hydrogen) atoms. The summed E-state index contributed by atoms with van der Waals surface area (Å²) >= 11 is 1.89. The van der Waals surface area contributed by atoms with Crippen LogP contribution in [0, 0.1) is 0 Å². The molecule has 0 saturated heterocycles. The lowest BCUT2D eigenvalue weighted by Crippen LogP contribution is -2.15. The molecule has 2 heteroatoms. The Morgan fingerprint density at radius 1 is 1.47 bits per heavy atom. The quantitative estimate of drug-likeness (QED) is 0.577. The van der Waals surface area contributed by atoms with Gasteiger partial charge in [-0.1, -0.05) is 31.2 Å². The first-order chi connectivity index (χ1) is 8.28. The first-order valence-electron chi connectivity index (χ1n) is 6.39. The first kappa shape index (κ1) is 12.7. The van der Waals surface area contributed by atoms with Gasteiger partial charge in [0.15, 0.2) is 0 Å². The summed E-state index contributed by atoms with van der Waals surface area (Å²) in [4.78, 5) is 1.36. The van der Waals surface area contributed by atoms with Crippen LogP contribution >= 0.6 is 11.8 Å². The zero-order valence-corrected chi connectivity index (χ0v) is 11.4. The van der Waals surface area contributed by atoms with Crippen LogP contribution in [-0.4, -0.2) is 11.8 Å². The monoisotopic (exact) mass is 247 g/mol. The van der Waals surface area contributed by atoms with Gasteiger partial charge < -0.3 is 5.32 Å². The van der Waals surface area contributed by atoms with Crippen LogP contribution < -0.4 is 5.32 Å². The van der Waals surface area contributed by atoms with Gasteiger partial charge in [-0.15, -0.1) is 11.8 Å². The molecule has 1 aliphatic carbocycles. The number of benzene rings is 1. The largest absolute Gasteiger partial charge is 0.310 e. The Labute approximate surface area is 109 Å². The Morgan fingerprint density at radius 3 is 3.00 bits per heavy atom. The van der Waals surface area contributed by atoms with Crippen LogP contribution in [0.1, 0.15) is 31.7 Å². The minimum atomic E-state index is 0.783. The second-order valence-corrected chi connectivity index (χ2v) is 5.74. The van der Waals surface area contributed by atoms with E-state index in [9.17, 15) is 0 Å². The van der Waals surface area contributed by atoms with Crippen LogP contribution in [0.5, 0.6) is 0 Å². The van der Waals surface area contributed by atoms with E-state index in [0.29, 0.717) is 0 Å². The molecule has 1 N–H and O–H groups in total. The molecule has 1 fully saturated rings. The molecule has 1 aromatic carbocycles. The van der Waals surface area contributed by atoms with E-state index in [1.807, 2.05) is 11.8 Å². The molecule has 0 atom stereocenters.